The van der Waals surface area contributed by atoms with Gasteiger partial charge >= 0.3 is 0 Å². The molecule has 0 saturated carbocycles. The van der Waals surface area contributed by atoms with E-state index in [9.17, 15) is 14.4 Å². The Kier molecular flexibility index (Phi) is 7.65. The molecule has 0 aromatic heterocycles. The van der Waals surface area contributed by atoms with Crippen molar-refractivity contribution in [3.8, 4) is 11.5 Å². The Morgan fingerprint density at radius 2 is 1.91 bits per heavy atom. The average molecular weight is 496 g/mol. The molecule has 1 fully saturated rings. The molecule has 1 saturated heterocycles. The van der Waals surface area contributed by atoms with Gasteiger partial charge in [-0.05, 0) is 66.9 Å². The third-order valence-corrected chi connectivity index (χ3v) is 7.12. The van der Waals surface area contributed by atoms with Crippen molar-refractivity contribution in [2.24, 2.45) is 0 Å². The van der Waals surface area contributed by atoms with Crippen LogP contribution >= 0.6 is 11.8 Å². The van der Waals surface area contributed by atoms with Crippen molar-refractivity contribution in [2.45, 2.75) is 25.8 Å². The Bertz CT molecular complexity index is 1170. The van der Waals surface area contributed by atoms with Crippen molar-refractivity contribution < 1.29 is 23.9 Å². The van der Waals surface area contributed by atoms with E-state index in [2.05, 4.69) is 23.2 Å². The van der Waals surface area contributed by atoms with Crippen molar-refractivity contribution in [3.05, 3.63) is 58.5 Å². The van der Waals surface area contributed by atoms with Crippen molar-refractivity contribution in [1.29, 1.82) is 0 Å². The van der Waals surface area contributed by atoms with E-state index < -0.39 is 0 Å². The maximum Gasteiger partial charge on any atom is 0.293 e. The van der Waals surface area contributed by atoms with Gasteiger partial charge in [0.1, 0.15) is 0 Å². The molecule has 2 aromatic rings. The van der Waals surface area contributed by atoms with Crippen LogP contribution in [-0.4, -0.2) is 61.8 Å². The molecule has 3 amide bonds. The monoisotopic (exact) mass is 495 g/mol. The van der Waals surface area contributed by atoms with Crippen LogP contribution in [0, 0.1) is 0 Å². The summed E-state index contributed by atoms with van der Waals surface area (Å²) >= 11 is 0.885. The molecule has 35 heavy (non-hydrogen) atoms. The number of amides is 3. The molecule has 184 valence electrons. The van der Waals surface area contributed by atoms with Crippen molar-refractivity contribution in [3.63, 3.8) is 0 Å². The number of fused-ring (bicyclic) bond motifs is 1. The van der Waals surface area contributed by atoms with E-state index in [1.165, 1.54) is 12.7 Å². The van der Waals surface area contributed by atoms with E-state index in [0.29, 0.717) is 16.4 Å². The summed E-state index contributed by atoms with van der Waals surface area (Å²) in [5.41, 5.74) is 3.06. The first-order valence-corrected chi connectivity index (χ1v) is 12.3. The highest BCUT2D eigenvalue weighted by Crippen LogP contribution is 2.34. The molecule has 2 aromatic carbocycles. The lowest BCUT2D eigenvalue weighted by Crippen LogP contribution is -2.46. The Morgan fingerprint density at radius 1 is 1.14 bits per heavy atom. The zero-order chi connectivity index (χ0) is 24.9. The molecule has 2 heterocycles. The van der Waals surface area contributed by atoms with Crippen LogP contribution in [0.4, 0.5) is 10.5 Å². The first-order chi connectivity index (χ1) is 16.9. The second-order valence-electron chi connectivity index (χ2n) is 8.44. The number of imide groups is 1. The van der Waals surface area contributed by atoms with Crippen LogP contribution in [0.2, 0.25) is 0 Å². The van der Waals surface area contributed by atoms with Crippen LogP contribution in [0.15, 0.2) is 47.4 Å². The summed E-state index contributed by atoms with van der Waals surface area (Å²) in [5, 5.41) is 2.50. The highest BCUT2D eigenvalue weighted by atomic mass is 32.2. The predicted molar refractivity (Wildman–Crippen MR) is 137 cm³/mol. The number of aryl methyl sites for hydroxylation is 1. The van der Waals surface area contributed by atoms with Crippen LogP contribution in [0.1, 0.15) is 24.5 Å². The Hall–Kier alpha value is -3.46. The van der Waals surface area contributed by atoms with Crippen LogP contribution in [0.5, 0.6) is 11.5 Å². The summed E-state index contributed by atoms with van der Waals surface area (Å²) in [7, 11) is 3.09. The van der Waals surface area contributed by atoms with Crippen LogP contribution in [-0.2, 0) is 16.0 Å². The minimum absolute atomic E-state index is 0.117. The molecule has 1 N–H and O–H groups in total. The van der Waals surface area contributed by atoms with E-state index in [1.807, 2.05) is 18.2 Å². The van der Waals surface area contributed by atoms with Crippen molar-refractivity contribution in [2.75, 3.05) is 38.8 Å². The second kappa shape index (κ2) is 10.9. The SMILES string of the molecule is COc1ccc(/C=C2\SC(=O)N(CCNC(=O)CN3c4ccccc4CC[C@H]3C)C2=O)cc1OC. The summed E-state index contributed by atoms with van der Waals surface area (Å²) in [6.07, 6.45) is 3.65. The molecule has 0 unspecified atom stereocenters. The summed E-state index contributed by atoms with van der Waals surface area (Å²) in [5.74, 6) is 0.605. The Labute approximate surface area is 209 Å². The first-order valence-electron chi connectivity index (χ1n) is 11.5. The number of ether oxygens (including phenoxy) is 2. The Morgan fingerprint density at radius 3 is 2.69 bits per heavy atom. The number of nitrogens with zero attached hydrogens (tertiary/aromatic N) is 2. The van der Waals surface area contributed by atoms with Gasteiger partial charge in [0.15, 0.2) is 11.5 Å². The van der Waals surface area contributed by atoms with Gasteiger partial charge in [0.05, 0.1) is 25.7 Å². The predicted octanol–water partition coefficient (Wildman–Crippen LogP) is 3.70. The summed E-state index contributed by atoms with van der Waals surface area (Å²) in [4.78, 5) is 41.5. The largest absolute Gasteiger partial charge is 0.493 e. The number of carbonyl (C=O) groups excluding carboxylic acids is 3. The zero-order valence-corrected chi connectivity index (χ0v) is 20.9. The Balaban J connectivity index is 1.33. The number of rotatable bonds is 8. The number of methoxy groups -OCH3 is 2. The minimum Gasteiger partial charge on any atom is -0.493 e. The van der Waals surface area contributed by atoms with Gasteiger partial charge in [0, 0.05) is 24.8 Å². The second-order valence-corrected chi connectivity index (χ2v) is 9.44. The van der Waals surface area contributed by atoms with E-state index in [-0.39, 0.29) is 42.7 Å². The molecule has 2 aliphatic heterocycles. The lowest BCUT2D eigenvalue weighted by Gasteiger charge is -2.36. The minimum atomic E-state index is -0.373. The fourth-order valence-corrected chi connectivity index (χ4v) is 5.17. The van der Waals surface area contributed by atoms with Gasteiger partial charge in [0.25, 0.3) is 11.1 Å². The van der Waals surface area contributed by atoms with Crippen LogP contribution in [0.25, 0.3) is 6.08 Å². The maximum absolute atomic E-state index is 12.8. The molecule has 8 nitrogen and oxygen atoms in total. The molecular formula is C26H29N3O5S. The third-order valence-electron chi connectivity index (χ3n) is 6.22. The quantitative estimate of drug-likeness (QED) is 0.559. The molecule has 0 aliphatic carbocycles. The maximum atomic E-state index is 12.8. The number of carbonyl (C=O) groups is 3. The molecule has 0 bridgehead atoms. The summed E-state index contributed by atoms with van der Waals surface area (Å²) in [6, 6.07) is 13.7. The van der Waals surface area contributed by atoms with E-state index >= 15 is 0 Å². The molecule has 2 aliphatic rings. The van der Waals surface area contributed by atoms with Crippen LogP contribution < -0.4 is 19.7 Å². The van der Waals surface area contributed by atoms with E-state index in [1.54, 1.807) is 31.4 Å². The van der Waals surface area contributed by atoms with Gasteiger partial charge in [-0.3, -0.25) is 19.3 Å². The highest BCUT2D eigenvalue weighted by molar-refractivity contribution is 8.18. The number of nitrogens with one attached hydrogen (secondary N) is 1. The summed E-state index contributed by atoms with van der Waals surface area (Å²) < 4.78 is 10.5. The van der Waals surface area contributed by atoms with Gasteiger partial charge < -0.3 is 19.7 Å². The first kappa shape index (κ1) is 24.7. The fourth-order valence-electron chi connectivity index (χ4n) is 4.31. The van der Waals surface area contributed by atoms with Gasteiger partial charge in [-0.2, -0.15) is 0 Å². The number of thioether (sulfide) groups is 1. The molecule has 1 atom stereocenters. The lowest BCUT2D eigenvalue weighted by atomic mass is 9.97. The number of benzene rings is 2. The van der Waals surface area contributed by atoms with Gasteiger partial charge in [-0.1, -0.05) is 24.3 Å². The average Bonchev–Trinajstić information content (AvgIpc) is 3.13. The molecule has 9 heteroatoms. The number of anilines is 1. The number of para-hydroxylation sites is 1. The van der Waals surface area contributed by atoms with Gasteiger partial charge in [-0.15, -0.1) is 0 Å². The molecular weight excluding hydrogens is 466 g/mol. The van der Waals surface area contributed by atoms with Gasteiger partial charge in [-0.25, -0.2) is 0 Å². The van der Waals surface area contributed by atoms with Crippen molar-refractivity contribution >= 4 is 40.6 Å². The smallest absolute Gasteiger partial charge is 0.293 e. The van der Waals surface area contributed by atoms with Crippen molar-refractivity contribution in [1.82, 2.24) is 10.2 Å². The van der Waals surface area contributed by atoms with Crippen LogP contribution in [0.3, 0.4) is 0 Å². The molecule has 0 radical (unpaired) electrons. The van der Waals surface area contributed by atoms with E-state index in [4.69, 9.17) is 9.47 Å². The lowest BCUT2D eigenvalue weighted by molar-refractivity contribution is -0.124. The fraction of sp³-hybridized carbons (Fsp3) is 0.346. The van der Waals surface area contributed by atoms with Gasteiger partial charge in [0.2, 0.25) is 5.91 Å². The number of hydrogen-bond acceptors (Lipinski definition) is 7. The summed E-state index contributed by atoms with van der Waals surface area (Å²) in [6.45, 7) is 2.67. The zero-order valence-electron chi connectivity index (χ0n) is 20.1. The highest BCUT2D eigenvalue weighted by Gasteiger charge is 2.35. The molecule has 0 spiro atoms. The number of hydrogen-bond donors (Lipinski definition) is 1. The molecule has 4 rings (SSSR count). The third kappa shape index (κ3) is 5.45. The standard InChI is InChI=1S/C26H29N3O5S/c1-17-8-10-19-6-4-5-7-20(19)29(17)16-24(30)27-12-13-28-25(31)23(35-26(28)32)15-18-9-11-21(33-2)22(14-18)34-3/h4-7,9,11,14-15,17H,8,10,12-13,16H2,1-3H3,(H,27,30)/b23-15-/t17-/m1/s1. The normalized spacial score (nSPS) is 18.6. The van der Waals surface area contributed by atoms with E-state index in [0.717, 1.165) is 40.8 Å². The topological polar surface area (TPSA) is 88.2 Å².